The SMILES string of the molecule is NCC(=O)N[C@H]1CC[C@H](CNc2nc(NCc3cnccc3C(F)(F)F)ncc2[N+](=O)[O-])CC1. The fourth-order valence-electron chi connectivity index (χ4n) is 3.78. The van der Waals surface area contributed by atoms with Crippen molar-refractivity contribution >= 4 is 23.4 Å². The predicted molar refractivity (Wildman–Crippen MR) is 117 cm³/mol. The molecule has 0 bridgehead atoms. The topological polar surface area (TPSA) is 161 Å². The molecule has 2 heterocycles. The molecule has 0 aliphatic heterocycles. The molecule has 0 unspecified atom stereocenters. The molecule has 0 spiro atoms. The van der Waals surface area contributed by atoms with Crippen molar-refractivity contribution < 1.29 is 22.9 Å². The zero-order valence-electron chi connectivity index (χ0n) is 18.1. The Morgan fingerprint density at radius 3 is 2.59 bits per heavy atom. The number of carbonyl (C=O) groups is 1. The van der Waals surface area contributed by atoms with Crippen LogP contribution in [0.25, 0.3) is 0 Å². The van der Waals surface area contributed by atoms with E-state index in [9.17, 15) is 28.1 Å². The Labute approximate surface area is 192 Å². The lowest BCUT2D eigenvalue weighted by atomic mass is 9.86. The first-order chi connectivity index (χ1) is 16.2. The third-order valence-corrected chi connectivity index (χ3v) is 5.57. The van der Waals surface area contributed by atoms with Crippen LogP contribution in [0.1, 0.15) is 36.8 Å². The summed E-state index contributed by atoms with van der Waals surface area (Å²) in [5.74, 6) is -0.0739. The zero-order chi connectivity index (χ0) is 24.7. The molecule has 0 saturated heterocycles. The van der Waals surface area contributed by atoms with Crippen LogP contribution in [-0.4, -0.2) is 44.9 Å². The molecular formula is C20H25F3N8O3. The molecule has 1 saturated carbocycles. The van der Waals surface area contributed by atoms with Gasteiger partial charge in [0.15, 0.2) is 0 Å². The number of nitrogens with zero attached hydrogens (tertiary/aromatic N) is 4. The molecule has 1 amide bonds. The van der Waals surface area contributed by atoms with E-state index in [1.807, 2.05) is 0 Å². The fraction of sp³-hybridized carbons (Fsp3) is 0.500. The van der Waals surface area contributed by atoms with Crippen molar-refractivity contribution in [2.45, 2.75) is 44.4 Å². The number of carbonyl (C=O) groups excluding carboxylic acids is 1. The molecule has 1 fully saturated rings. The van der Waals surface area contributed by atoms with Crippen LogP contribution in [0.5, 0.6) is 0 Å². The number of aromatic nitrogens is 3. The van der Waals surface area contributed by atoms with Crippen molar-refractivity contribution in [1.82, 2.24) is 20.3 Å². The summed E-state index contributed by atoms with van der Waals surface area (Å²) < 4.78 is 39.5. The van der Waals surface area contributed by atoms with Crippen molar-refractivity contribution in [2.24, 2.45) is 11.7 Å². The molecule has 0 atom stereocenters. The van der Waals surface area contributed by atoms with Crippen LogP contribution in [0.3, 0.4) is 0 Å². The molecule has 14 heteroatoms. The van der Waals surface area contributed by atoms with Gasteiger partial charge in [-0.3, -0.25) is 19.9 Å². The molecule has 3 rings (SSSR count). The maximum absolute atomic E-state index is 13.2. The Kier molecular flexibility index (Phi) is 8.15. The summed E-state index contributed by atoms with van der Waals surface area (Å²) in [4.78, 5) is 33.8. The van der Waals surface area contributed by atoms with Crippen LogP contribution in [0.15, 0.2) is 24.7 Å². The van der Waals surface area contributed by atoms with Gasteiger partial charge < -0.3 is 21.7 Å². The van der Waals surface area contributed by atoms with Crippen LogP contribution < -0.4 is 21.7 Å². The molecule has 5 N–H and O–H groups in total. The second kappa shape index (κ2) is 11.0. The van der Waals surface area contributed by atoms with Gasteiger partial charge in [-0.2, -0.15) is 18.2 Å². The summed E-state index contributed by atoms with van der Waals surface area (Å²) in [5, 5.41) is 19.9. The third kappa shape index (κ3) is 6.73. The van der Waals surface area contributed by atoms with E-state index in [1.54, 1.807) is 0 Å². The van der Waals surface area contributed by atoms with Crippen LogP contribution in [0.2, 0.25) is 0 Å². The minimum atomic E-state index is -4.55. The number of nitro groups is 1. The maximum atomic E-state index is 13.2. The number of hydrogen-bond donors (Lipinski definition) is 4. The normalized spacial score (nSPS) is 18.2. The van der Waals surface area contributed by atoms with Crippen LogP contribution >= 0.6 is 0 Å². The summed E-state index contributed by atoms with van der Waals surface area (Å²) in [5.41, 5.74) is 4.03. The van der Waals surface area contributed by atoms with Gasteiger partial charge in [0.2, 0.25) is 17.7 Å². The van der Waals surface area contributed by atoms with E-state index in [0.29, 0.717) is 6.54 Å². The van der Waals surface area contributed by atoms with Gasteiger partial charge in [0.1, 0.15) is 6.20 Å². The first-order valence-corrected chi connectivity index (χ1v) is 10.7. The number of anilines is 2. The largest absolute Gasteiger partial charge is 0.416 e. The fourth-order valence-corrected chi connectivity index (χ4v) is 3.78. The number of rotatable bonds is 9. The summed E-state index contributed by atoms with van der Waals surface area (Å²) in [6.45, 7) is 0.0850. The quantitative estimate of drug-likeness (QED) is 0.311. The molecular weight excluding hydrogens is 457 g/mol. The van der Waals surface area contributed by atoms with Crippen molar-refractivity contribution in [3.05, 3.63) is 45.9 Å². The Morgan fingerprint density at radius 2 is 1.94 bits per heavy atom. The molecule has 0 aromatic carbocycles. The van der Waals surface area contributed by atoms with Gasteiger partial charge in [-0.05, 0) is 37.7 Å². The lowest BCUT2D eigenvalue weighted by Gasteiger charge is -2.29. The van der Waals surface area contributed by atoms with Crippen LogP contribution in [-0.2, 0) is 17.5 Å². The summed E-state index contributed by atoms with van der Waals surface area (Å²) in [6, 6.07) is 0.933. The highest BCUT2D eigenvalue weighted by atomic mass is 19.4. The third-order valence-electron chi connectivity index (χ3n) is 5.57. The van der Waals surface area contributed by atoms with Gasteiger partial charge >= 0.3 is 11.9 Å². The molecule has 1 aliphatic carbocycles. The Bertz CT molecular complexity index is 1010. The molecule has 11 nitrogen and oxygen atoms in total. The second-order valence-corrected chi connectivity index (χ2v) is 7.94. The number of hydrogen-bond acceptors (Lipinski definition) is 9. The number of pyridine rings is 1. The highest BCUT2D eigenvalue weighted by Gasteiger charge is 2.33. The monoisotopic (exact) mass is 482 g/mol. The number of alkyl halides is 3. The lowest BCUT2D eigenvalue weighted by molar-refractivity contribution is -0.384. The molecule has 184 valence electrons. The van der Waals surface area contributed by atoms with E-state index >= 15 is 0 Å². The number of amides is 1. The van der Waals surface area contributed by atoms with E-state index in [2.05, 4.69) is 30.9 Å². The Morgan fingerprint density at radius 1 is 1.21 bits per heavy atom. The van der Waals surface area contributed by atoms with E-state index in [0.717, 1.165) is 50.3 Å². The van der Waals surface area contributed by atoms with Gasteiger partial charge in [-0.25, -0.2) is 4.98 Å². The second-order valence-electron chi connectivity index (χ2n) is 7.94. The standard InChI is InChI=1S/C20H25F3N8O3/c21-20(22,23)15-5-6-25-9-13(15)10-27-19-28-11-16(31(33)34)18(30-19)26-8-12-1-3-14(4-2-12)29-17(32)7-24/h5-6,9,11-12,14H,1-4,7-8,10,24H2,(H,29,32)(H2,26,27,28,30)/t12-,14-. The van der Waals surface area contributed by atoms with Gasteiger partial charge in [0.05, 0.1) is 17.0 Å². The molecule has 0 radical (unpaired) electrons. The molecule has 2 aromatic heterocycles. The summed E-state index contributed by atoms with van der Waals surface area (Å²) in [6.07, 6.45) is 1.73. The van der Waals surface area contributed by atoms with Gasteiger partial charge in [0, 0.05) is 37.1 Å². The predicted octanol–water partition coefficient (Wildman–Crippen LogP) is 2.46. The number of halogens is 3. The summed E-state index contributed by atoms with van der Waals surface area (Å²) >= 11 is 0. The minimum Gasteiger partial charge on any atom is -0.364 e. The van der Waals surface area contributed by atoms with Crippen LogP contribution in [0.4, 0.5) is 30.6 Å². The number of nitrogens with two attached hydrogens (primary N) is 1. The molecule has 34 heavy (non-hydrogen) atoms. The summed E-state index contributed by atoms with van der Waals surface area (Å²) in [7, 11) is 0. The van der Waals surface area contributed by atoms with Crippen molar-refractivity contribution in [3.63, 3.8) is 0 Å². The Hall–Kier alpha value is -3.55. The van der Waals surface area contributed by atoms with Crippen LogP contribution in [0, 0.1) is 16.0 Å². The van der Waals surface area contributed by atoms with Gasteiger partial charge in [-0.1, -0.05) is 0 Å². The number of nitrogens with one attached hydrogen (secondary N) is 3. The highest BCUT2D eigenvalue weighted by molar-refractivity contribution is 5.78. The van der Waals surface area contributed by atoms with Gasteiger partial charge in [0.25, 0.3) is 0 Å². The first kappa shape index (κ1) is 25.1. The van der Waals surface area contributed by atoms with Crippen molar-refractivity contribution in [1.29, 1.82) is 0 Å². The smallest absolute Gasteiger partial charge is 0.364 e. The lowest BCUT2D eigenvalue weighted by Crippen LogP contribution is -2.41. The molecule has 2 aromatic rings. The van der Waals surface area contributed by atoms with E-state index in [1.165, 1.54) is 0 Å². The average molecular weight is 482 g/mol. The maximum Gasteiger partial charge on any atom is 0.416 e. The first-order valence-electron chi connectivity index (χ1n) is 10.7. The Balaban J connectivity index is 1.62. The van der Waals surface area contributed by atoms with Crippen molar-refractivity contribution in [3.8, 4) is 0 Å². The van der Waals surface area contributed by atoms with E-state index < -0.39 is 16.7 Å². The van der Waals surface area contributed by atoms with E-state index in [-0.39, 0.29) is 54.0 Å². The minimum absolute atomic E-state index is 0.0247. The molecule has 1 aliphatic rings. The van der Waals surface area contributed by atoms with Gasteiger partial charge in [-0.15, -0.1) is 0 Å². The average Bonchev–Trinajstić information content (AvgIpc) is 2.81. The highest BCUT2D eigenvalue weighted by Crippen LogP contribution is 2.32. The zero-order valence-corrected chi connectivity index (χ0v) is 18.1. The van der Waals surface area contributed by atoms with E-state index in [4.69, 9.17) is 5.73 Å². The van der Waals surface area contributed by atoms with Crippen molar-refractivity contribution in [2.75, 3.05) is 23.7 Å².